The highest BCUT2D eigenvalue weighted by molar-refractivity contribution is 7.89. The Morgan fingerprint density at radius 2 is 1.80 bits per heavy atom. The van der Waals surface area contributed by atoms with E-state index in [2.05, 4.69) is 10.3 Å². The number of amides is 1. The lowest BCUT2D eigenvalue weighted by atomic mass is 10.0. The van der Waals surface area contributed by atoms with Gasteiger partial charge in [0.2, 0.25) is 10.0 Å². The number of fused-ring (bicyclic) bond motifs is 1. The van der Waals surface area contributed by atoms with Crippen LogP contribution in [0.2, 0.25) is 10.0 Å². The van der Waals surface area contributed by atoms with Gasteiger partial charge in [-0.25, -0.2) is 18.2 Å². The molecule has 0 radical (unpaired) electrons. The number of benzene rings is 2. The summed E-state index contributed by atoms with van der Waals surface area (Å²) in [5.41, 5.74) is 2.06. The first kappa shape index (κ1) is 27.6. The minimum absolute atomic E-state index is 0.0183. The minimum atomic E-state index is -4.08. The zero-order valence-corrected chi connectivity index (χ0v) is 23.0. The molecule has 3 heterocycles. The van der Waals surface area contributed by atoms with Crippen LogP contribution in [0.25, 0.3) is 16.8 Å². The summed E-state index contributed by atoms with van der Waals surface area (Å²) in [6.45, 7) is 0.862. The summed E-state index contributed by atoms with van der Waals surface area (Å²) in [6, 6.07) is 12.1. The van der Waals surface area contributed by atoms with Crippen LogP contribution in [0.1, 0.15) is 5.56 Å². The van der Waals surface area contributed by atoms with Crippen molar-refractivity contribution in [2.24, 2.45) is 0 Å². The van der Waals surface area contributed by atoms with E-state index in [0.29, 0.717) is 51.3 Å². The lowest BCUT2D eigenvalue weighted by Gasteiger charge is -2.34. The highest BCUT2D eigenvalue weighted by Gasteiger charge is 2.34. The van der Waals surface area contributed by atoms with Crippen LogP contribution < -0.4 is 10.2 Å². The number of nitrogens with one attached hydrogen (secondary N) is 1. The van der Waals surface area contributed by atoms with Crippen LogP contribution in [0.3, 0.4) is 0 Å². The largest absolute Gasteiger partial charge is 0.465 e. The number of nitro groups is 1. The number of sulfonamides is 1. The number of imidazole rings is 1. The monoisotopic (exact) mass is 604 g/mol. The number of hydrogen-bond donors (Lipinski definition) is 2. The third-order valence-electron chi connectivity index (χ3n) is 6.61. The molecule has 1 aliphatic rings. The predicted molar refractivity (Wildman–Crippen MR) is 150 cm³/mol. The highest BCUT2D eigenvalue weighted by atomic mass is 35.5. The number of rotatable bonds is 7. The number of carboxylic acid groups (broad SMARTS) is 1. The normalized spacial score (nSPS) is 14.4. The molecule has 15 heteroatoms. The van der Waals surface area contributed by atoms with Crippen molar-refractivity contribution >= 4 is 56.5 Å². The Morgan fingerprint density at radius 3 is 2.48 bits per heavy atom. The Bertz CT molecular complexity index is 1740. The molecule has 1 aliphatic heterocycles. The fourth-order valence-corrected chi connectivity index (χ4v) is 6.76. The molecule has 5 rings (SSSR count). The molecule has 0 aliphatic carbocycles. The first-order valence-electron chi connectivity index (χ1n) is 12.0. The van der Waals surface area contributed by atoms with Crippen molar-refractivity contribution in [2.45, 2.75) is 11.4 Å². The van der Waals surface area contributed by atoms with E-state index in [1.165, 1.54) is 28.6 Å². The van der Waals surface area contributed by atoms with E-state index in [0.717, 1.165) is 0 Å². The van der Waals surface area contributed by atoms with Crippen molar-refractivity contribution in [1.82, 2.24) is 19.0 Å². The molecule has 0 saturated carbocycles. The van der Waals surface area contributed by atoms with Gasteiger partial charge in [0.25, 0.3) is 5.69 Å². The summed E-state index contributed by atoms with van der Waals surface area (Å²) in [6.07, 6.45) is 2.29. The van der Waals surface area contributed by atoms with Crippen LogP contribution in [0.5, 0.6) is 0 Å². The van der Waals surface area contributed by atoms with Gasteiger partial charge in [-0.05, 0) is 29.8 Å². The smallest absolute Gasteiger partial charge is 0.404 e. The van der Waals surface area contributed by atoms with E-state index in [1.54, 1.807) is 30.5 Å². The Morgan fingerprint density at radius 1 is 1.07 bits per heavy atom. The standard InChI is InChI=1S/C25H22Cl2N6O6S/c26-17-5-6-18(20(27)12-17)19-15-32-23(11-16(19)13-29-25(34)35)28-14-24(32)30-7-9-31(10-8-30)40(38,39)22-4-2-1-3-21(22)33(36)37/h1-6,11-12,14-15,29H,7-10,13H2,(H,34,35). The molecule has 40 heavy (non-hydrogen) atoms. The number of aromatic nitrogens is 2. The molecule has 208 valence electrons. The number of carbonyl (C=O) groups is 1. The third kappa shape index (κ3) is 5.28. The molecule has 1 saturated heterocycles. The molecule has 2 N–H and O–H groups in total. The number of nitrogens with zero attached hydrogens (tertiary/aromatic N) is 5. The van der Waals surface area contributed by atoms with Gasteiger partial charge in [0.15, 0.2) is 4.90 Å². The molecule has 1 amide bonds. The Labute approximate surface area is 238 Å². The number of nitro benzene ring substituents is 1. The van der Waals surface area contributed by atoms with E-state index in [-0.39, 0.29) is 24.5 Å². The van der Waals surface area contributed by atoms with Crippen molar-refractivity contribution in [3.63, 3.8) is 0 Å². The fraction of sp³-hybridized carbons (Fsp3) is 0.200. The average Bonchev–Trinajstić information content (AvgIpc) is 3.34. The van der Waals surface area contributed by atoms with Crippen LogP contribution in [0.4, 0.5) is 16.3 Å². The molecule has 0 spiro atoms. The van der Waals surface area contributed by atoms with Crippen LogP contribution in [0, 0.1) is 10.1 Å². The Balaban J connectivity index is 1.46. The van der Waals surface area contributed by atoms with Crippen LogP contribution in [0.15, 0.2) is 65.8 Å². The lowest BCUT2D eigenvalue weighted by molar-refractivity contribution is -0.387. The Hall–Kier alpha value is -3.91. The minimum Gasteiger partial charge on any atom is -0.465 e. The van der Waals surface area contributed by atoms with E-state index < -0.39 is 26.7 Å². The van der Waals surface area contributed by atoms with Crippen LogP contribution in [-0.4, -0.2) is 64.4 Å². The topological polar surface area (TPSA) is 150 Å². The van der Waals surface area contributed by atoms with Gasteiger partial charge >= 0.3 is 6.09 Å². The van der Waals surface area contributed by atoms with Crippen LogP contribution >= 0.6 is 23.2 Å². The van der Waals surface area contributed by atoms with Crippen LogP contribution in [-0.2, 0) is 16.6 Å². The molecule has 2 aromatic carbocycles. The number of piperazine rings is 1. The van der Waals surface area contributed by atoms with E-state index >= 15 is 0 Å². The summed E-state index contributed by atoms with van der Waals surface area (Å²) in [7, 11) is -4.08. The van der Waals surface area contributed by atoms with Crippen molar-refractivity contribution in [3.8, 4) is 11.1 Å². The van der Waals surface area contributed by atoms with Gasteiger partial charge in [0, 0.05) is 66.2 Å². The van der Waals surface area contributed by atoms with E-state index in [1.807, 2.05) is 15.5 Å². The van der Waals surface area contributed by atoms with Crippen molar-refractivity contribution in [3.05, 3.63) is 86.6 Å². The summed E-state index contributed by atoms with van der Waals surface area (Å²) in [4.78, 5) is 28.0. The quantitative estimate of drug-likeness (QED) is 0.231. The Kier molecular flexibility index (Phi) is 7.55. The maximum atomic E-state index is 13.2. The van der Waals surface area contributed by atoms with Gasteiger partial charge in [-0.1, -0.05) is 41.4 Å². The van der Waals surface area contributed by atoms with Gasteiger partial charge in [0.1, 0.15) is 11.5 Å². The van der Waals surface area contributed by atoms with Crippen molar-refractivity contribution < 1.29 is 23.2 Å². The van der Waals surface area contributed by atoms with Crippen molar-refractivity contribution in [2.75, 3.05) is 31.1 Å². The summed E-state index contributed by atoms with van der Waals surface area (Å²) in [5.74, 6) is 0.696. The first-order valence-corrected chi connectivity index (χ1v) is 14.2. The zero-order chi connectivity index (χ0) is 28.6. The molecule has 0 bridgehead atoms. The molecule has 2 aromatic heterocycles. The van der Waals surface area contributed by atoms with E-state index in [4.69, 9.17) is 28.3 Å². The molecule has 1 fully saturated rings. The number of para-hydroxylation sites is 1. The van der Waals surface area contributed by atoms with Gasteiger partial charge in [-0.15, -0.1) is 0 Å². The summed E-state index contributed by atoms with van der Waals surface area (Å²) in [5, 5.41) is 23.8. The third-order valence-corrected chi connectivity index (χ3v) is 9.10. The first-order chi connectivity index (χ1) is 19.1. The van der Waals surface area contributed by atoms with Gasteiger partial charge in [0.05, 0.1) is 11.1 Å². The fourth-order valence-electron chi connectivity index (χ4n) is 4.67. The predicted octanol–water partition coefficient (Wildman–Crippen LogP) is 4.49. The number of anilines is 1. The zero-order valence-electron chi connectivity index (χ0n) is 20.7. The maximum absolute atomic E-state index is 13.2. The SMILES string of the molecule is O=C(O)NCc1cc2ncc(N3CCN(S(=O)(=O)c4ccccc4[N+](=O)[O-])CC3)n2cc1-c1ccc(Cl)cc1Cl. The maximum Gasteiger partial charge on any atom is 0.404 e. The molecule has 12 nitrogen and oxygen atoms in total. The second-order valence-corrected chi connectivity index (χ2v) is 11.7. The highest BCUT2D eigenvalue weighted by Crippen LogP contribution is 2.35. The number of pyridine rings is 1. The van der Waals surface area contributed by atoms with Gasteiger partial charge in [-0.2, -0.15) is 4.31 Å². The summed E-state index contributed by atoms with van der Waals surface area (Å²) >= 11 is 12.6. The lowest BCUT2D eigenvalue weighted by Crippen LogP contribution is -2.49. The average molecular weight is 605 g/mol. The molecule has 4 aromatic rings. The van der Waals surface area contributed by atoms with Crippen molar-refractivity contribution in [1.29, 1.82) is 0 Å². The second kappa shape index (κ2) is 10.9. The van der Waals surface area contributed by atoms with Gasteiger partial charge in [-0.3, -0.25) is 14.5 Å². The van der Waals surface area contributed by atoms with Gasteiger partial charge < -0.3 is 15.3 Å². The molecule has 0 unspecified atom stereocenters. The molecule has 0 atom stereocenters. The number of halogens is 2. The molecular weight excluding hydrogens is 583 g/mol. The molecular formula is C25H22Cl2N6O6S. The summed E-state index contributed by atoms with van der Waals surface area (Å²) < 4.78 is 29.5. The van der Waals surface area contributed by atoms with E-state index in [9.17, 15) is 23.3 Å². The second-order valence-electron chi connectivity index (χ2n) is 8.96. The number of hydrogen-bond acceptors (Lipinski definition) is 7.